The highest BCUT2D eigenvalue weighted by Crippen LogP contribution is 2.13. The van der Waals surface area contributed by atoms with Gasteiger partial charge in [0.25, 0.3) is 21.6 Å². The molecule has 8 nitrogen and oxygen atoms in total. The third-order valence-electron chi connectivity index (χ3n) is 2.95. The molecule has 2 rings (SSSR count). The summed E-state index contributed by atoms with van der Waals surface area (Å²) in [5, 5.41) is 10.7. The molecule has 0 heterocycles. The Bertz CT molecular complexity index is 847. The van der Waals surface area contributed by atoms with Gasteiger partial charge in [-0.25, -0.2) is 8.42 Å². The molecule has 0 aliphatic rings. The van der Waals surface area contributed by atoms with Crippen LogP contribution in [0.1, 0.15) is 15.9 Å². The van der Waals surface area contributed by atoms with E-state index in [0.29, 0.717) is 0 Å². The number of carbonyl (C=O) groups is 1. The molecule has 2 N–H and O–H groups in total. The minimum Gasteiger partial charge on any atom is -0.273 e. The van der Waals surface area contributed by atoms with Gasteiger partial charge in [-0.05, 0) is 25.1 Å². The van der Waals surface area contributed by atoms with E-state index in [-0.39, 0.29) is 16.1 Å². The van der Waals surface area contributed by atoms with Crippen LogP contribution in [0.25, 0.3) is 0 Å². The monoisotopic (exact) mass is 335 g/mol. The van der Waals surface area contributed by atoms with Crippen molar-refractivity contribution in [2.24, 2.45) is 0 Å². The first-order chi connectivity index (χ1) is 10.8. The first-order valence-electron chi connectivity index (χ1n) is 6.43. The van der Waals surface area contributed by atoms with E-state index in [1.54, 1.807) is 12.1 Å². The second-order valence-electron chi connectivity index (χ2n) is 4.68. The Morgan fingerprint density at radius 3 is 2.39 bits per heavy atom. The number of hydrogen-bond acceptors (Lipinski definition) is 5. The largest absolute Gasteiger partial charge is 0.273 e. The molecule has 1 amide bonds. The fourth-order valence-electron chi connectivity index (χ4n) is 1.72. The van der Waals surface area contributed by atoms with Crippen molar-refractivity contribution in [3.8, 4) is 0 Å². The van der Waals surface area contributed by atoms with Crippen LogP contribution in [0.3, 0.4) is 0 Å². The summed E-state index contributed by atoms with van der Waals surface area (Å²) in [5.41, 5.74) is 2.61. The fourth-order valence-corrected chi connectivity index (χ4v) is 2.56. The van der Waals surface area contributed by atoms with Crippen molar-refractivity contribution in [1.82, 2.24) is 10.3 Å². The molecule has 120 valence electrons. The summed E-state index contributed by atoms with van der Waals surface area (Å²) in [6, 6.07) is 11.0. The molecular formula is C14H13N3O5S. The van der Waals surface area contributed by atoms with Gasteiger partial charge >= 0.3 is 0 Å². The molecule has 0 aliphatic carbocycles. The van der Waals surface area contributed by atoms with Crippen LogP contribution in [0.4, 0.5) is 5.69 Å². The lowest BCUT2D eigenvalue weighted by Crippen LogP contribution is -2.41. The number of rotatable bonds is 5. The second kappa shape index (κ2) is 6.55. The van der Waals surface area contributed by atoms with Crippen molar-refractivity contribution < 1.29 is 18.1 Å². The van der Waals surface area contributed by atoms with Crippen LogP contribution in [0, 0.1) is 17.0 Å². The third-order valence-corrected chi connectivity index (χ3v) is 4.21. The lowest BCUT2D eigenvalue weighted by atomic mass is 10.2. The minimum absolute atomic E-state index is 0.0116. The van der Waals surface area contributed by atoms with Crippen LogP contribution in [-0.2, 0) is 10.0 Å². The number of carbonyl (C=O) groups excluding carboxylic acids is 1. The maximum Gasteiger partial charge on any atom is 0.270 e. The molecule has 0 aromatic heterocycles. The number of nitro benzene ring substituents is 1. The van der Waals surface area contributed by atoms with Gasteiger partial charge < -0.3 is 0 Å². The Hall–Kier alpha value is -2.78. The zero-order chi connectivity index (χ0) is 17.0. The molecule has 9 heteroatoms. The molecule has 0 unspecified atom stereocenters. The maximum absolute atomic E-state index is 12.0. The number of aryl methyl sites for hydroxylation is 1. The molecule has 0 saturated heterocycles. The third kappa shape index (κ3) is 4.11. The average Bonchev–Trinajstić information content (AvgIpc) is 2.53. The molecular weight excluding hydrogens is 322 g/mol. The van der Waals surface area contributed by atoms with Gasteiger partial charge in [0.15, 0.2) is 0 Å². The number of sulfonamides is 1. The van der Waals surface area contributed by atoms with E-state index in [2.05, 4.69) is 0 Å². The summed E-state index contributed by atoms with van der Waals surface area (Å²) >= 11 is 0. The Morgan fingerprint density at radius 2 is 1.78 bits per heavy atom. The maximum atomic E-state index is 12.0. The molecule has 2 aromatic carbocycles. The molecule has 0 saturated carbocycles. The first-order valence-corrected chi connectivity index (χ1v) is 7.91. The number of nitrogens with one attached hydrogen (secondary N) is 2. The van der Waals surface area contributed by atoms with Crippen LogP contribution in [0.2, 0.25) is 0 Å². The van der Waals surface area contributed by atoms with Gasteiger partial charge in [0, 0.05) is 17.7 Å². The lowest BCUT2D eigenvalue weighted by molar-refractivity contribution is -0.384. The van der Waals surface area contributed by atoms with Gasteiger partial charge in [-0.3, -0.25) is 20.3 Å². The molecule has 0 radical (unpaired) electrons. The van der Waals surface area contributed by atoms with Gasteiger partial charge in [-0.1, -0.05) is 23.8 Å². The summed E-state index contributed by atoms with van der Waals surface area (Å²) in [4.78, 5) is 23.8. The minimum atomic E-state index is -3.92. The van der Waals surface area contributed by atoms with Gasteiger partial charge in [0.2, 0.25) is 0 Å². The predicted molar refractivity (Wildman–Crippen MR) is 82.1 cm³/mol. The predicted octanol–water partition coefficient (Wildman–Crippen LogP) is 1.53. The van der Waals surface area contributed by atoms with Crippen molar-refractivity contribution in [3.63, 3.8) is 0 Å². The highest BCUT2D eigenvalue weighted by molar-refractivity contribution is 7.89. The summed E-state index contributed by atoms with van der Waals surface area (Å²) in [7, 11) is -3.92. The Labute approximate surface area is 132 Å². The lowest BCUT2D eigenvalue weighted by Gasteiger charge is -2.08. The molecule has 0 aliphatic heterocycles. The number of hydrogen-bond donors (Lipinski definition) is 2. The number of benzene rings is 2. The number of nitro groups is 1. The van der Waals surface area contributed by atoms with Gasteiger partial charge in [-0.2, -0.15) is 0 Å². The topological polar surface area (TPSA) is 118 Å². The Morgan fingerprint density at radius 1 is 1.13 bits per heavy atom. The number of amides is 1. The smallest absolute Gasteiger partial charge is 0.270 e. The van der Waals surface area contributed by atoms with E-state index in [0.717, 1.165) is 11.6 Å². The van der Waals surface area contributed by atoms with Gasteiger partial charge in [0.05, 0.1) is 9.82 Å². The summed E-state index contributed by atoms with van der Waals surface area (Å²) in [6.07, 6.45) is 0. The summed E-state index contributed by atoms with van der Waals surface area (Å²) in [5.74, 6) is -0.801. The van der Waals surface area contributed by atoms with E-state index in [4.69, 9.17) is 0 Å². The average molecular weight is 335 g/mol. The molecule has 23 heavy (non-hydrogen) atoms. The van der Waals surface area contributed by atoms with Crippen molar-refractivity contribution in [3.05, 3.63) is 69.8 Å². The standard InChI is InChI=1S/C14H13N3O5S/c1-10-5-7-13(8-6-10)23(21,22)16-15-14(18)11-3-2-4-12(9-11)17(19)20/h2-9,16H,1H3,(H,15,18). The highest BCUT2D eigenvalue weighted by Gasteiger charge is 2.16. The second-order valence-corrected chi connectivity index (χ2v) is 6.36. The first kappa shape index (κ1) is 16.6. The highest BCUT2D eigenvalue weighted by atomic mass is 32.2. The quantitative estimate of drug-likeness (QED) is 0.634. The van der Waals surface area contributed by atoms with Crippen LogP contribution < -0.4 is 10.3 Å². The van der Waals surface area contributed by atoms with Crippen molar-refractivity contribution in [2.75, 3.05) is 0 Å². The summed E-state index contributed by atoms with van der Waals surface area (Å²) in [6.45, 7) is 1.81. The number of hydrazine groups is 1. The van der Waals surface area contributed by atoms with Gasteiger partial charge in [0.1, 0.15) is 0 Å². The fraction of sp³-hybridized carbons (Fsp3) is 0.0714. The van der Waals surface area contributed by atoms with Crippen LogP contribution in [-0.4, -0.2) is 19.2 Å². The number of non-ortho nitro benzene ring substituents is 1. The Balaban J connectivity index is 2.10. The Kier molecular flexibility index (Phi) is 4.72. The van der Waals surface area contributed by atoms with E-state index in [1.165, 1.54) is 30.3 Å². The normalized spacial score (nSPS) is 11.0. The molecule has 0 atom stereocenters. The summed E-state index contributed by atoms with van der Waals surface area (Å²) < 4.78 is 24.0. The van der Waals surface area contributed by atoms with Crippen molar-refractivity contribution in [2.45, 2.75) is 11.8 Å². The zero-order valence-corrected chi connectivity index (χ0v) is 12.8. The molecule has 2 aromatic rings. The van der Waals surface area contributed by atoms with Gasteiger partial charge in [-0.15, -0.1) is 4.83 Å². The zero-order valence-electron chi connectivity index (χ0n) is 12.0. The molecule has 0 spiro atoms. The van der Waals surface area contributed by atoms with Crippen molar-refractivity contribution >= 4 is 21.6 Å². The molecule has 0 fully saturated rings. The molecule has 0 bridgehead atoms. The van der Waals surface area contributed by atoms with E-state index in [1.807, 2.05) is 17.2 Å². The van der Waals surface area contributed by atoms with E-state index < -0.39 is 20.9 Å². The van der Waals surface area contributed by atoms with Crippen LogP contribution in [0.15, 0.2) is 53.4 Å². The van der Waals surface area contributed by atoms with Crippen molar-refractivity contribution in [1.29, 1.82) is 0 Å². The van der Waals surface area contributed by atoms with E-state index >= 15 is 0 Å². The van der Waals surface area contributed by atoms with E-state index in [9.17, 15) is 23.3 Å². The number of nitrogens with zero attached hydrogens (tertiary/aromatic N) is 1. The SMILES string of the molecule is Cc1ccc(S(=O)(=O)NNC(=O)c2cccc([N+](=O)[O-])c2)cc1. The van der Waals surface area contributed by atoms with Crippen LogP contribution >= 0.6 is 0 Å². The van der Waals surface area contributed by atoms with Crippen LogP contribution in [0.5, 0.6) is 0 Å².